The summed E-state index contributed by atoms with van der Waals surface area (Å²) in [6.45, 7) is 3.77. The van der Waals surface area contributed by atoms with Crippen LogP contribution < -0.4 is 21.1 Å². The van der Waals surface area contributed by atoms with Crippen molar-refractivity contribution in [1.29, 1.82) is 0 Å². The van der Waals surface area contributed by atoms with Crippen LogP contribution in [-0.4, -0.2) is 26.2 Å². The number of hydrogen-bond donors (Lipinski definition) is 2. The van der Waals surface area contributed by atoms with Crippen LogP contribution in [0.15, 0.2) is 41.3 Å². The summed E-state index contributed by atoms with van der Waals surface area (Å²) in [5.41, 5.74) is 1.58. The van der Waals surface area contributed by atoms with Crippen molar-refractivity contribution in [1.82, 2.24) is 19.4 Å². The SMILES string of the molecule is CC(C)NC(=O)Nc1cccc(Oc2ccnc3c2n(C)c(=O)n3C)c1. The zero-order valence-corrected chi connectivity index (χ0v) is 15.1. The molecular formula is C18H21N5O3. The Morgan fingerprint density at radius 2 is 1.96 bits per heavy atom. The van der Waals surface area contributed by atoms with E-state index in [1.165, 1.54) is 9.13 Å². The molecule has 26 heavy (non-hydrogen) atoms. The maximum Gasteiger partial charge on any atom is 0.329 e. The Balaban J connectivity index is 1.90. The van der Waals surface area contributed by atoms with Crippen molar-refractivity contribution in [2.24, 2.45) is 14.1 Å². The Morgan fingerprint density at radius 3 is 2.69 bits per heavy atom. The largest absolute Gasteiger partial charge is 0.455 e. The molecule has 0 aliphatic rings. The number of carbonyl (C=O) groups is 1. The molecule has 136 valence electrons. The average Bonchev–Trinajstić information content (AvgIpc) is 2.80. The standard InChI is InChI=1S/C18H21N5O3/c1-11(2)20-17(24)21-12-6-5-7-13(10-12)26-14-8-9-19-16-15(14)22(3)18(25)23(16)4/h5-11H,1-4H3,(H2,20,21,24). The molecule has 8 heteroatoms. The lowest BCUT2D eigenvalue weighted by molar-refractivity contribution is 0.250. The third-order valence-electron chi connectivity index (χ3n) is 3.83. The van der Waals surface area contributed by atoms with Gasteiger partial charge in [0.05, 0.1) is 0 Å². The lowest BCUT2D eigenvalue weighted by Crippen LogP contribution is -2.34. The third kappa shape index (κ3) is 3.39. The number of aromatic nitrogens is 3. The molecule has 0 unspecified atom stereocenters. The van der Waals surface area contributed by atoms with Gasteiger partial charge in [-0.05, 0) is 26.0 Å². The number of nitrogens with zero attached hydrogens (tertiary/aromatic N) is 3. The maximum absolute atomic E-state index is 12.1. The monoisotopic (exact) mass is 355 g/mol. The highest BCUT2D eigenvalue weighted by atomic mass is 16.5. The minimum atomic E-state index is -0.283. The molecule has 0 aliphatic carbocycles. The lowest BCUT2D eigenvalue weighted by Gasteiger charge is -2.12. The molecule has 2 amide bonds. The minimum Gasteiger partial charge on any atom is -0.455 e. The Labute approximate surface area is 150 Å². The van der Waals surface area contributed by atoms with Crippen LogP contribution in [0.4, 0.5) is 10.5 Å². The van der Waals surface area contributed by atoms with Crippen LogP contribution in [0.2, 0.25) is 0 Å². The maximum atomic E-state index is 12.1. The zero-order valence-electron chi connectivity index (χ0n) is 15.1. The molecule has 0 saturated carbocycles. The Bertz CT molecular complexity index is 1020. The number of aryl methyl sites for hydroxylation is 2. The van der Waals surface area contributed by atoms with E-state index in [2.05, 4.69) is 15.6 Å². The first-order valence-electron chi connectivity index (χ1n) is 8.22. The van der Waals surface area contributed by atoms with Crippen molar-refractivity contribution in [3.63, 3.8) is 0 Å². The molecule has 0 fully saturated rings. The third-order valence-corrected chi connectivity index (χ3v) is 3.83. The van der Waals surface area contributed by atoms with Crippen molar-refractivity contribution < 1.29 is 9.53 Å². The van der Waals surface area contributed by atoms with Crippen LogP contribution in [0.1, 0.15) is 13.8 Å². The molecule has 0 aliphatic heterocycles. The first kappa shape index (κ1) is 17.5. The van der Waals surface area contributed by atoms with E-state index in [1.807, 2.05) is 13.8 Å². The summed E-state index contributed by atoms with van der Waals surface area (Å²) >= 11 is 0. The van der Waals surface area contributed by atoms with Gasteiger partial charge in [0.1, 0.15) is 11.3 Å². The van der Waals surface area contributed by atoms with E-state index in [9.17, 15) is 9.59 Å². The Hall–Kier alpha value is -3.29. The van der Waals surface area contributed by atoms with Crippen molar-refractivity contribution in [3.05, 3.63) is 47.0 Å². The van der Waals surface area contributed by atoms with Crippen molar-refractivity contribution in [2.45, 2.75) is 19.9 Å². The van der Waals surface area contributed by atoms with Gasteiger partial charge in [0.25, 0.3) is 0 Å². The first-order chi connectivity index (χ1) is 12.4. The predicted octanol–water partition coefficient (Wildman–Crippen LogP) is 2.59. The molecule has 3 rings (SSSR count). The zero-order chi connectivity index (χ0) is 18.8. The molecule has 0 radical (unpaired) electrons. The van der Waals surface area contributed by atoms with Crippen LogP contribution >= 0.6 is 0 Å². The highest BCUT2D eigenvalue weighted by Gasteiger charge is 2.14. The fourth-order valence-corrected chi connectivity index (χ4v) is 2.67. The van der Waals surface area contributed by atoms with Gasteiger partial charge < -0.3 is 15.4 Å². The fourth-order valence-electron chi connectivity index (χ4n) is 2.67. The summed E-state index contributed by atoms with van der Waals surface area (Å²) in [4.78, 5) is 28.2. The van der Waals surface area contributed by atoms with E-state index in [1.54, 1.807) is 50.6 Å². The number of anilines is 1. The van der Waals surface area contributed by atoms with Gasteiger partial charge in [-0.1, -0.05) is 6.07 Å². The van der Waals surface area contributed by atoms with E-state index in [-0.39, 0.29) is 17.8 Å². The first-order valence-corrected chi connectivity index (χ1v) is 8.22. The predicted molar refractivity (Wildman–Crippen MR) is 99.8 cm³/mol. The molecule has 8 nitrogen and oxygen atoms in total. The van der Waals surface area contributed by atoms with Gasteiger partial charge in [0.15, 0.2) is 11.4 Å². The quantitative estimate of drug-likeness (QED) is 0.753. The summed E-state index contributed by atoms with van der Waals surface area (Å²) < 4.78 is 8.92. The summed E-state index contributed by atoms with van der Waals surface area (Å²) in [6, 6.07) is 8.50. The second-order valence-corrected chi connectivity index (χ2v) is 6.26. The molecule has 2 aromatic heterocycles. The molecule has 0 atom stereocenters. The topological polar surface area (TPSA) is 90.2 Å². The van der Waals surface area contributed by atoms with Crippen molar-refractivity contribution in [3.8, 4) is 11.5 Å². The van der Waals surface area contributed by atoms with E-state index in [0.717, 1.165) is 0 Å². The molecule has 1 aromatic carbocycles. The summed E-state index contributed by atoms with van der Waals surface area (Å²) in [7, 11) is 3.34. The van der Waals surface area contributed by atoms with Crippen LogP contribution in [0, 0.1) is 0 Å². The number of imidazole rings is 1. The second kappa shape index (κ2) is 6.91. The summed E-state index contributed by atoms with van der Waals surface area (Å²) in [6.07, 6.45) is 1.59. The average molecular weight is 355 g/mol. The number of carbonyl (C=O) groups excluding carboxylic acids is 1. The minimum absolute atomic E-state index is 0.0407. The van der Waals surface area contributed by atoms with Crippen LogP contribution in [0.5, 0.6) is 11.5 Å². The van der Waals surface area contributed by atoms with E-state index in [0.29, 0.717) is 28.4 Å². The number of rotatable bonds is 4. The normalized spacial score (nSPS) is 11.0. The number of benzene rings is 1. The molecule has 3 aromatic rings. The van der Waals surface area contributed by atoms with E-state index in [4.69, 9.17) is 4.74 Å². The molecule has 2 heterocycles. The Kier molecular flexibility index (Phi) is 4.66. The number of urea groups is 1. The summed E-state index contributed by atoms with van der Waals surface area (Å²) in [5, 5.41) is 5.52. The number of fused-ring (bicyclic) bond motifs is 1. The van der Waals surface area contributed by atoms with Gasteiger partial charge in [0.2, 0.25) is 0 Å². The molecule has 0 bridgehead atoms. The van der Waals surface area contributed by atoms with Gasteiger partial charge in [-0.15, -0.1) is 0 Å². The van der Waals surface area contributed by atoms with E-state index < -0.39 is 0 Å². The van der Waals surface area contributed by atoms with Gasteiger partial charge >= 0.3 is 11.7 Å². The summed E-state index contributed by atoms with van der Waals surface area (Å²) in [5.74, 6) is 1.05. The lowest BCUT2D eigenvalue weighted by atomic mass is 10.3. The van der Waals surface area contributed by atoms with Crippen LogP contribution in [0.25, 0.3) is 11.2 Å². The number of ether oxygens (including phenoxy) is 1. The molecular weight excluding hydrogens is 334 g/mol. The van der Waals surface area contributed by atoms with Crippen molar-refractivity contribution >= 4 is 22.9 Å². The van der Waals surface area contributed by atoms with Gasteiger partial charge in [-0.25, -0.2) is 14.6 Å². The van der Waals surface area contributed by atoms with Crippen LogP contribution in [0.3, 0.4) is 0 Å². The van der Waals surface area contributed by atoms with Gasteiger partial charge in [-0.2, -0.15) is 0 Å². The van der Waals surface area contributed by atoms with Crippen LogP contribution in [-0.2, 0) is 14.1 Å². The molecule has 2 N–H and O–H groups in total. The number of hydrogen-bond acceptors (Lipinski definition) is 4. The number of amides is 2. The van der Waals surface area contributed by atoms with E-state index >= 15 is 0 Å². The molecule has 0 saturated heterocycles. The van der Waals surface area contributed by atoms with Gasteiger partial charge in [-0.3, -0.25) is 9.13 Å². The Morgan fingerprint density at radius 1 is 1.19 bits per heavy atom. The smallest absolute Gasteiger partial charge is 0.329 e. The molecule has 0 spiro atoms. The fraction of sp³-hybridized carbons (Fsp3) is 0.278. The van der Waals surface area contributed by atoms with Crippen molar-refractivity contribution in [2.75, 3.05) is 5.32 Å². The number of nitrogens with one attached hydrogen (secondary N) is 2. The van der Waals surface area contributed by atoms with Gasteiger partial charge in [0, 0.05) is 44.2 Å². The number of pyridine rings is 1. The second-order valence-electron chi connectivity index (χ2n) is 6.26. The highest BCUT2D eigenvalue weighted by molar-refractivity contribution is 5.89. The highest BCUT2D eigenvalue weighted by Crippen LogP contribution is 2.29.